The van der Waals surface area contributed by atoms with Gasteiger partial charge in [0.15, 0.2) is 12.2 Å². The van der Waals surface area contributed by atoms with Gasteiger partial charge in [0.1, 0.15) is 12.7 Å². The number of hydrogen-bond donors (Lipinski definition) is 0. The zero-order valence-electron chi connectivity index (χ0n) is 24.0. The van der Waals surface area contributed by atoms with Gasteiger partial charge >= 0.3 is 23.9 Å². The first-order valence-electron chi connectivity index (χ1n) is 13.1. The number of rotatable bonds is 10. The molecule has 1 saturated heterocycles. The predicted octanol–water partition coefficient (Wildman–Crippen LogP) is 3.43. The molecule has 41 heavy (non-hydrogen) atoms. The van der Waals surface area contributed by atoms with Gasteiger partial charge < -0.3 is 28.4 Å². The fourth-order valence-corrected chi connectivity index (χ4v) is 4.89. The van der Waals surface area contributed by atoms with Crippen molar-refractivity contribution in [3.8, 4) is 5.88 Å². The highest BCUT2D eigenvalue weighted by Crippen LogP contribution is 2.34. The number of halogens is 1. The van der Waals surface area contributed by atoms with E-state index in [0.29, 0.717) is 6.42 Å². The first-order valence-corrected chi connectivity index (χ1v) is 14.1. The van der Waals surface area contributed by atoms with E-state index in [2.05, 4.69) is 27.7 Å². The highest BCUT2D eigenvalue weighted by atomic mass is 127. The second kappa shape index (κ2) is 14.1. The molecular formula is C28H35IN2O10. The van der Waals surface area contributed by atoms with Crippen LogP contribution in [0.3, 0.4) is 0 Å². The summed E-state index contributed by atoms with van der Waals surface area (Å²) in [5.74, 6) is -2.54. The molecule has 0 unspecified atom stereocenters. The number of carbonyl (C=O) groups excluding carboxylic acids is 4. The molecule has 0 amide bonds. The minimum atomic E-state index is -1.37. The summed E-state index contributed by atoms with van der Waals surface area (Å²) in [6, 6.07) is 8.01. The van der Waals surface area contributed by atoms with Gasteiger partial charge in [-0.2, -0.15) is 0 Å². The highest BCUT2D eigenvalue weighted by molar-refractivity contribution is 14.1. The molecule has 1 fully saturated rings. The maximum Gasteiger partial charge on any atom is 0.303 e. The third kappa shape index (κ3) is 8.64. The molecule has 1 aliphatic rings. The van der Waals surface area contributed by atoms with Gasteiger partial charge in [0.2, 0.25) is 18.3 Å². The number of ether oxygens (including phenoxy) is 6. The molecule has 0 spiro atoms. The van der Waals surface area contributed by atoms with Crippen molar-refractivity contribution in [3.05, 3.63) is 44.7 Å². The zero-order chi connectivity index (χ0) is 30.4. The van der Waals surface area contributed by atoms with Crippen molar-refractivity contribution in [1.82, 2.24) is 9.78 Å². The lowest BCUT2D eigenvalue weighted by Crippen LogP contribution is -2.63. The summed E-state index contributed by atoms with van der Waals surface area (Å²) in [5.41, 5.74) is 2.65. The van der Waals surface area contributed by atoms with Gasteiger partial charge in [0.25, 0.3) is 0 Å². The van der Waals surface area contributed by atoms with Crippen molar-refractivity contribution in [2.45, 2.75) is 91.6 Å². The van der Waals surface area contributed by atoms with E-state index in [-0.39, 0.29) is 18.5 Å². The Kier molecular flexibility index (Phi) is 11.1. The van der Waals surface area contributed by atoms with Crippen molar-refractivity contribution < 1.29 is 47.6 Å². The summed E-state index contributed by atoms with van der Waals surface area (Å²) in [7, 11) is 0. The van der Waals surface area contributed by atoms with Gasteiger partial charge in [-0.3, -0.25) is 23.9 Å². The van der Waals surface area contributed by atoms with Crippen LogP contribution in [-0.2, 0) is 49.3 Å². The Balaban J connectivity index is 2.08. The van der Waals surface area contributed by atoms with E-state index < -0.39 is 54.6 Å². The molecule has 3 rings (SSSR count). The van der Waals surface area contributed by atoms with Gasteiger partial charge in [-0.25, -0.2) is 0 Å². The second-order valence-corrected chi connectivity index (χ2v) is 11.1. The van der Waals surface area contributed by atoms with Crippen LogP contribution in [0.2, 0.25) is 0 Å². The molecular weight excluding hydrogens is 651 g/mol. The minimum Gasteiger partial charge on any atom is -0.463 e. The molecule has 0 saturated carbocycles. The number of esters is 4. The molecule has 0 aliphatic carbocycles. The van der Waals surface area contributed by atoms with Crippen LogP contribution in [0.25, 0.3) is 0 Å². The Labute approximate surface area is 252 Å². The standard InChI is InChI=1S/C28H35IN2O10/c1-14(2)31-15(3)22(12-20-8-10-21(29)11-9-20)27(30-31)41-28-26(39-19(7)35)25(38-18(6)34)24(37-17(5)33)23(40-28)13-36-16(4)32/h8-11,14,23-26,28H,12-13H2,1-7H3/t23-,24-,25+,26-,28+/m1/s1. The van der Waals surface area contributed by atoms with Gasteiger partial charge in [0, 0.05) is 55.0 Å². The fourth-order valence-electron chi connectivity index (χ4n) is 4.53. The molecule has 12 nitrogen and oxygen atoms in total. The maximum absolute atomic E-state index is 12.2. The average Bonchev–Trinajstić information content (AvgIpc) is 3.17. The summed E-state index contributed by atoms with van der Waals surface area (Å²) in [6.07, 6.45) is -5.99. The lowest BCUT2D eigenvalue weighted by molar-refractivity contribution is -0.289. The molecule has 13 heteroatoms. The molecule has 2 aromatic rings. The predicted molar refractivity (Wildman–Crippen MR) is 152 cm³/mol. The molecule has 0 N–H and O–H groups in total. The highest BCUT2D eigenvalue weighted by Gasteiger charge is 2.53. The molecule has 2 heterocycles. The molecule has 5 atom stereocenters. The van der Waals surface area contributed by atoms with E-state index in [1.807, 2.05) is 49.7 Å². The molecule has 0 radical (unpaired) electrons. The van der Waals surface area contributed by atoms with Crippen molar-refractivity contribution >= 4 is 46.5 Å². The Bertz CT molecular complexity index is 1260. The lowest BCUT2D eigenvalue weighted by atomic mass is 9.98. The first kappa shape index (κ1) is 32.3. The van der Waals surface area contributed by atoms with Crippen LogP contribution in [-0.4, -0.2) is 71.0 Å². The fraction of sp³-hybridized carbons (Fsp3) is 0.536. The lowest BCUT2D eigenvalue weighted by Gasteiger charge is -2.43. The average molecular weight is 686 g/mol. The topological polar surface area (TPSA) is 141 Å². The maximum atomic E-state index is 12.2. The summed E-state index contributed by atoms with van der Waals surface area (Å²) < 4.78 is 36.9. The van der Waals surface area contributed by atoms with Gasteiger partial charge in [-0.15, -0.1) is 5.10 Å². The number of hydrogen-bond acceptors (Lipinski definition) is 11. The Morgan fingerprint density at radius 2 is 1.46 bits per heavy atom. The van der Waals surface area contributed by atoms with Gasteiger partial charge in [-0.05, 0) is 61.1 Å². The number of nitrogens with zero attached hydrogens (tertiary/aromatic N) is 2. The number of aromatic nitrogens is 2. The van der Waals surface area contributed by atoms with E-state index in [9.17, 15) is 19.2 Å². The quantitative estimate of drug-likeness (QED) is 0.206. The molecule has 1 aromatic heterocycles. The van der Waals surface area contributed by atoms with Crippen LogP contribution in [0.15, 0.2) is 24.3 Å². The molecule has 1 aliphatic heterocycles. The third-order valence-electron chi connectivity index (χ3n) is 6.20. The van der Waals surface area contributed by atoms with Crippen LogP contribution in [0.4, 0.5) is 0 Å². The summed E-state index contributed by atoms with van der Waals surface area (Å²) in [5, 5.41) is 4.68. The molecule has 0 bridgehead atoms. The summed E-state index contributed by atoms with van der Waals surface area (Å²) in [4.78, 5) is 47.9. The Hall–Kier alpha value is -3.20. The minimum absolute atomic E-state index is 0.00165. The van der Waals surface area contributed by atoms with Gasteiger partial charge in [0.05, 0.1) is 0 Å². The molecule has 1 aromatic carbocycles. The summed E-state index contributed by atoms with van der Waals surface area (Å²) >= 11 is 2.24. The second-order valence-electron chi connectivity index (χ2n) is 9.90. The van der Waals surface area contributed by atoms with Crippen LogP contribution < -0.4 is 4.74 Å². The van der Waals surface area contributed by atoms with Crippen LogP contribution >= 0.6 is 22.6 Å². The Morgan fingerprint density at radius 1 is 0.902 bits per heavy atom. The van der Waals surface area contributed by atoms with E-state index in [1.54, 1.807) is 0 Å². The number of carbonyl (C=O) groups is 4. The van der Waals surface area contributed by atoms with Crippen LogP contribution in [0.1, 0.15) is 64.4 Å². The van der Waals surface area contributed by atoms with Crippen molar-refractivity contribution in [1.29, 1.82) is 0 Å². The van der Waals surface area contributed by atoms with Crippen molar-refractivity contribution in [2.75, 3.05) is 6.61 Å². The zero-order valence-corrected chi connectivity index (χ0v) is 26.2. The van der Waals surface area contributed by atoms with Crippen LogP contribution in [0, 0.1) is 10.5 Å². The third-order valence-corrected chi connectivity index (χ3v) is 6.92. The first-order chi connectivity index (χ1) is 19.3. The van der Waals surface area contributed by atoms with Crippen molar-refractivity contribution in [3.63, 3.8) is 0 Å². The Morgan fingerprint density at radius 3 is 2.00 bits per heavy atom. The largest absolute Gasteiger partial charge is 0.463 e. The smallest absolute Gasteiger partial charge is 0.303 e. The van der Waals surface area contributed by atoms with E-state index in [1.165, 1.54) is 13.8 Å². The normalized spacial score (nSPS) is 22.1. The molecule has 224 valence electrons. The SMILES string of the molecule is CC(=O)OC[C@H]1O[C@@H](Oc2nn(C(C)C)c(C)c2Cc2ccc(I)cc2)[C@H](OC(C)=O)[C@@H](OC(C)=O)[C@@H]1OC(C)=O. The number of benzene rings is 1. The monoisotopic (exact) mass is 686 g/mol. The van der Waals surface area contributed by atoms with E-state index in [4.69, 9.17) is 28.4 Å². The summed E-state index contributed by atoms with van der Waals surface area (Å²) in [6.45, 7) is 10.2. The van der Waals surface area contributed by atoms with Crippen molar-refractivity contribution in [2.24, 2.45) is 0 Å². The van der Waals surface area contributed by atoms with Gasteiger partial charge in [-0.1, -0.05) is 12.1 Å². The van der Waals surface area contributed by atoms with E-state index in [0.717, 1.165) is 34.2 Å². The van der Waals surface area contributed by atoms with E-state index >= 15 is 0 Å². The van der Waals surface area contributed by atoms with Crippen LogP contribution in [0.5, 0.6) is 5.88 Å².